The van der Waals surface area contributed by atoms with E-state index in [1.54, 1.807) is 42.5 Å². The minimum absolute atomic E-state index is 0.0267. The number of benzene rings is 3. The second-order valence-electron chi connectivity index (χ2n) is 6.44. The number of aromatic nitrogens is 1. The van der Waals surface area contributed by atoms with Gasteiger partial charge in [-0.25, -0.2) is 13.2 Å². The third kappa shape index (κ3) is 3.57. The van der Waals surface area contributed by atoms with Gasteiger partial charge in [0.15, 0.2) is 11.4 Å². The van der Waals surface area contributed by atoms with Gasteiger partial charge in [-0.05, 0) is 30.3 Å². The number of rotatable bonds is 5. The number of carbonyl (C=O) groups excluding carboxylic acids is 1. The number of nitrogens with one attached hydrogen (secondary N) is 1. The van der Waals surface area contributed by atoms with E-state index >= 15 is 0 Å². The SMILES string of the molecule is Cn1c(=O)oc2ccc(S(=O)(=O)Nc3cccc(C(=O)c4ccccc4)c3)cc21. The van der Waals surface area contributed by atoms with Crippen LogP contribution in [0.15, 0.2) is 86.9 Å². The fourth-order valence-electron chi connectivity index (χ4n) is 2.97. The van der Waals surface area contributed by atoms with E-state index in [1.807, 2.05) is 6.07 Å². The Hall–Kier alpha value is -3.65. The molecular formula is C21H16N2O5S. The van der Waals surface area contributed by atoms with Crippen LogP contribution < -0.4 is 10.5 Å². The standard InChI is InChI=1S/C21H16N2O5S/c1-23-18-13-17(10-11-19(18)28-21(23)25)29(26,27)22-16-9-5-8-15(12-16)20(24)14-6-3-2-4-7-14/h2-13,22H,1H3. The van der Waals surface area contributed by atoms with Crippen molar-refractivity contribution in [2.45, 2.75) is 4.90 Å². The number of aryl methyl sites for hydroxylation is 1. The highest BCUT2D eigenvalue weighted by Crippen LogP contribution is 2.22. The predicted octanol–water partition coefficient (Wildman–Crippen LogP) is 3.16. The minimum Gasteiger partial charge on any atom is -0.408 e. The number of carbonyl (C=O) groups is 1. The van der Waals surface area contributed by atoms with Crippen molar-refractivity contribution < 1.29 is 17.6 Å². The normalized spacial score (nSPS) is 11.5. The zero-order valence-electron chi connectivity index (χ0n) is 15.3. The van der Waals surface area contributed by atoms with Crippen molar-refractivity contribution in [3.05, 3.63) is 94.5 Å². The van der Waals surface area contributed by atoms with Gasteiger partial charge in [0.25, 0.3) is 10.0 Å². The molecular weight excluding hydrogens is 392 g/mol. The maximum Gasteiger partial charge on any atom is 0.419 e. The van der Waals surface area contributed by atoms with Crippen LogP contribution in [0.25, 0.3) is 11.1 Å². The van der Waals surface area contributed by atoms with Crippen LogP contribution in [0.1, 0.15) is 15.9 Å². The van der Waals surface area contributed by atoms with Crippen LogP contribution in [0.3, 0.4) is 0 Å². The van der Waals surface area contributed by atoms with Crippen LogP contribution in [0.4, 0.5) is 5.69 Å². The summed E-state index contributed by atoms with van der Waals surface area (Å²) < 4.78 is 34.3. The zero-order valence-corrected chi connectivity index (χ0v) is 16.1. The van der Waals surface area contributed by atoms with E-state index in [0.29, 0.717) is 22.2 Å². The Bertz CT molecular complexity index is 1390. The lowest BCUT2D eigenvalue weighted by Crippen LogP contribution is -2.14. The lowest BCUT2D eigenvalue weighted by atomic mass is 10.0. The Balaban J connectivity index is 1.66. The second kappa shape index (κ2) is 7.06. The van der Waals surface area contributed by atoms with E-state index in [4.69, 9.17) is 4.42 Å². The summed E-state index contributed by atoms with van der Waals surface area (Å²) >= 11 is 0. The van der Waals surface area contributed by atoms with E-state index in [-0.39, 0.29) is 16.4 Å². The number of sulfonamides is 1. The van der Waals surface area contributed by atoms with Gasteiger partial charge in [0.2, 0.25) is 0 Å². The maximum absolute atomic E-state index is 12.8. The van der Waals surface area contributed by atoms with Crippen molar-refractivity contribution in [3.8, 4) is 0 Å². The van der Waals surface area contributed by atoms with Gasteiger partial charge in [0.1, 0.15) is 0 Å². The van der Waals surface area contributed by atoms with Gasteiger partial charge in [0.05, 0.1) is 10.4 Å². The summed E-state index contributed by atoms with van der Waals surface area (Å²) in [6.07, 6.45) is 0. The van der Waals surface area contributed by atoms with E-state index in [0.717, 1.165) is 0 Å². The highest BCUT2D eigenvalue weighted by Gasteiger charge is 2.18. The molecule has 0 fully saturated rings. The number of anilines is 1. The topological polar surface area (TPSA) is 98.4 Å². The van der Waals surface area contributed by atoms with Gasteiger partial charge in [0, 0.05) is 23.9 Å². The molecule has 0 atom stereocenters. The summed E-state index contributed by atoms with van der Waals surface area (Å²) in [5.74, 6) is -0.781. The zero-order chi connectivity index (χ0) is 20.6. The molecule has 0 spiro atoms. The Morgan fingerprint density at radius 2 is 1.66 bits per heavy atom. The first-order chi connectivity index (χ1) is 13.8. The lowest BCUT2D eigenvalue weighted by Gasteiger charge is -2.10. The summed E-state index contributed by atoms with van der Waals surface area (Å²) in [5.41, 5.74) is 1.80. The quantitative estimate of drug-likeness (QED) is 0.512. The van der Waals surface area contributed by atoms with Crippen LogP contribution in [0, 0.1) is 0 Å². The number of nitrogens with zero attached hydrogens (tertiary/aromatic N) is 1. The predicted molar refractivity (Wildman–Crippen MR) is 109 cm³/mol. The molecule has 146 valence electrons. The van der Waals surface area contributed by atoms with Crippen LogP contribution >= 0.6 is 0 Å². The Kier molecular flexibility index (Phi) is 4.56. The van der Waals surface area contributed by atoms with E-state index in [2.05, 4.69) is 4.72 Å². The molecule has 0 saturated carbocycles. The molecule has 1 aromatic heterocycles. The number of hydrogen-bond acceptors (Lipinski definition) is 5. The third-order valence-corrected chi connectivity index (χ3v) is 5.87. The van der Waals surface area contributed by atoms with Crippen LogP contribution in [-0.4, -0.2) is 18.8 Å². The molecule has 0 saturated heterocycles. The van der Waals surface area contributed by atoms with Gasteiger partial charge >= 0.3 is 5.76 Å². The Morgan fingerprint density at radius 1 is 0.931 bits per heavy atom. The van der Waals surface area contributed by atoms with Crippen molar-refractivity contribution in [2.75, 3.05) is 4.72 Å². The molecule has 0 amide bonds. The van der Waals surface area contributed by atoms with E-state index in [1.165, 1.54) is 35.9 Å². The van der Waals surface area contributed by atoms with E-state index < -0.39 is 15.8 Å². The number of oxazole rings is 1. The highest BCUT2D eigenvalue weighted by molar-refractivity contribution is 7.92. The molecule has 7 nitrogen and oxygen atoms in total. The molecule has 0 radical (unpaired) electrons. The molecule has 4 rings (SSSR count). The van der Waals surface area contributed by atoms with Gasteiger partial charge in [-0.2, -0.15) is 0 Å². The summed E-state index contributed by atoms with van der Waals surface area (Å²) in [5, 5.41) is 0. The molecule has 0 aliphatic heterocycles. The molecule has 1 N–H and O–H groups in total. The van der Waals surface area contributed by atoms with Crippen LogP contribution in [0.2, 0.25) is 0 Å². The fourth-order valence-corrected chi connectivity index (χ4v) is 4.04. The number of fused-ring (bicyclic) bond motifs is 1. The average molecular weight is 408 g/mol. The lowest BCUT2D eigenvalue weighted by molar-refractivity contribution is 0.103. The van der Waals surface area contributed by atoms with Gasteiger partial charge in [-0.3, -0.25) is 14.1 Å². The highest BCUT2D eigenvalue weighted by atomic mass is 32.2. The summed E-state index contributed by atoms with van der Waals surface area (Å²) in [6, 6.07) is 19.2. The van der Waals surface area contributed by atoms with E-state index in [9.17, 15) is 18.0 Å². The molecule has 0 bridgehead atoms. The first-order valence-corrected chi connectivity index (χ1v) is 10.2. The summed E-state index contributed by atoms with van der Waals surface area (Å²) in [4.78, 5) is 24.2. The van der Waals surface area contributed by atoms with Gasteiger partial charge in [-0.1, -0.05) is 42.5 Å². The van der Waals surface area contributed by atoms with Gasteiger partial charge < -0.3 is 4.42 Å². The first-order valence-electron chi connectivity index (χ1n) is 8.67. The van der Waals surface area contributed by atoms with Crippen molar-refractivity contribution in [1.29, 1.82) is 0 Å². The molecule has 0 aliphatic carbocycles. The molecule has 0 aliphatic rings. The largest absolute Gasteiger partial charge is 0.419 e. The fraction of sp³-hybridized carbons (Fsp3) is 0.0476. The second-order valence-corrected chi connectivity index (χ2v) is 8.12. The molecule has 0 unspecified atom stereocenters. The average Bonchev–Trinajstić information content (AvgIpc) is 3.01. The van der Waals surface area contributed by atoms with Crippen LogP contribution in [0.5, 0.6) is 0 Å². The number of ketones is 1. The Morgan fingerprint density at radius 3 is 2.41 bits per heavy atom. The van der Waals surface area contributed by atoms with Crippen molar-refractivity contribution in [1.82, 2.24) is 4.57 Å². The Labute approximate surface area is 166 Å². The third-order valence-electron chi connectivity index (χ3n) is 4.49. The minimum atomic E-state index is -3.94. The smallest absolute Gasteiger partial charge is 0.408 e. The van der Waals surface area contributed by atoms with Crippen molar-refractivity contribution >= 4 is 32.6 Å². The monoisotopic (exact) mass is 408 g/mol. The maximum atomic E-state index is 12.8. The number of hydrogen-bond donors (Lipinski definition) is 1. The first kappa shape index (κ1) is 18.7. The molecule has 1 heterocycles. The van der Waals surface area contributed by atoms with Crippen molar-refractivity contribution in [3.63, 3.8) is 0 Å². The molecule has 4 aromatic rings. The van der Waals surface area contributed by atoms with Crippen molar-refractivity contribution in [2.24, 2.45) is 7.05 Å². The molecule has 8 heteroatoms. The summed E-state index contributed by atoms with van der Waals surface area (Å²) in [7, 11) is -2.44. The molecule has 3 aromatic carbocycles. The molecule has 29 heavy (non-hydrogen) atoms. The van der Waals surface area contributed by atoms with Crippen LogP contribution in [-0.2, 0) is 17.1 Å². The summed E-state index contributed by atoms with van der Waals surface area (Å²) in [6.45, 7) is 0. The van der Waals surface area contributed by atoms with Gasteiger partial charge in [-0.15, -0.1) is 0 Å².